The number of piperidine rings is 1. The van der Waals surface area contributed by atoms with Crippen LogP contribution in [0.2, 0.25) is 0 Å². The van der Waals surface area contributed by atoms with Crippen molar-refractivity contribution in [2.45, 2.75) is 43.4 Å². The first kappa shape index (κ1) is 23.2. The molecule has 1 saturated heterocycles. The Labute approximate surface area is 198 Å². The van der Waals surface area contributed by atoms with Crippen LogP contribution in [0.15, 0.2) is 24.5 Å². The molecule has 1 aromatic carbocycles. The summed E-state index contributed by atoms with van der Waals surface area (Å²) in [6.07, 6.45) is 1.14. The average molecular weight is 490 g/mol. The Morgan fingerprint density at radius 3 is 2.66 bits per heavy atom. The van der Waals surface area contributed by atoms with E-state index in [4.69, 9.17) is 4.74 Å². The van der Waals surface area contributed by atoms with Gasteiger partial charge >= 0.3 is 12.3 Å². The molecule has 1 spiro atoms. The van der Waals surface area contributed by atoms with E-state index in [0.29, 0.717) is 23.1 Å². The van der Waals surface area contributed by atoms with Crippen LogP contribution in [0.25, 0.3) is 22.2 Å². The lowest BCUT2D eigenvalue weighted by atomic mass is 9.99. The molecule has 1 atom stereocenters. The van der Waals surface area contributed by atoms with Crippen LogP contribution in [0.3, 0.4) is 0 Å². The van der Waals surface area contributed by atoms with Crippen LogP contribution >= 0.6 is 0 Å². The van der Waals surface area contributed by atoms with Gasteiger partial charge in [-0.25, -0.2) is 14.8 Å². The van der Waals surface area contributed by atoms with E-state index in [-0.39, 0.29) is 34.5 Å². The number of anilines is 2. The monoisotopic (exact) mass is 490 g/mol. The van der Waals surface area contributed by atoms with Gasteiger partial charge in [-0.1, -0.05) is 0 Å². The Morgan fingerprint density at radius 1 is 1.23 bits per heavy atom. The van der Waals surface area contributed by atoms with E-state index in [1.165, 1.54) is 39.3 Å². The van der Waals surface area contributed by atoms with E-state index in [0.717, 1.165) is 19.0 Å². The molecule has 0 bridgehead atoms. The number of methoxy groups -OCH3 is 2. The average Bonchev–Trinajstić information content (AvgIpc) is 3.45. The number of amides is 1. The predicted octanol–water partition coefficient (Wildman–Crippen LogP) is 4.53. The molecule has 3 aromatic rings. The maximum absolute atomic E-state index is 13.9. The number of alkyl halides is 3. The SMILES string of the molecule is COC(=O)Nc1ccc2c(-c3nc(NC4CCC5(CC5)NC4)ncc3C(F)(F)F)c[nH]c2c1OC. The van der Waals surface area contributed by atoms with Crippen LogP contribution in [0.4, 0.5) is 29.6 Å². The van der Waals surface area contributed by atoms with Crippen molar-refractivity contribution in [1.82, 2.24) is 20.3 Å². The lowest BCUT2D eigenvalue weighted by Gasteiger charge is -2.30. The topological polar surface area (TPSA) is 113 Å². The first-order chi connectivity index (χ1) is 16.7. The highest BCUT2D eigenvalue weighted by molar-refractivity contribution is 6.03. The third-order valence-electron chi connectivity index (χ3n) is 6.67. The molecule has 4 N–H and O–H groups in total. The number of aromatic amines is 1. The van der Waals surface area contributed by atoms with Gasteiger partial charge in [-0.05, 0) is 37.8 Å². The zero-order valence-electron chi connectivity index (χ0n) is 19.2. The zero-order valence-corrected chi connectivity index (χ0v) is 19.2. The van der Waals surface area contributed by atoms with E-state index in [1.807, 2.05) is 0 Å². The largest absolute Gasteiger partial charge is 0.492 e. The van der Waals surface area contributed by atoms with Crippen molar-refractivity contribution < 1.29 is 27.4 Å². The highest BCUT2D eigenvalue weighted by Crippen LogP contribution is 2.43. The molecule has 0 radical (unpaired) electrons. The standard InChI is InChI=1S/C23H25F3N6O3/c1-34-19-16(31-21(33)35-2)4-3-13-14(10-27-18(13)19)17-15(23(24,25)26)11-28-20(32-17)30-12-5-6-22(7-8-22)29-9-12/h3-4,10-12,27,29H,5-9H2,1-2H3,(H,31,33)(H,28,30,32). The van der Waals surface area contributed by atoms with Crippen molar-refractivity contribution in [3.05, 3.63) is 30.1 Å². The molecule has 5 rings (SSSR count). The molecular formula is C23H25F3N6O3. The molecule has 186 valence electrons. The van der Waals surface area contributed by atoms with Crippen molar-refractivity contribution >= 4 is 28.6 Å². The zero-order chi connectivity index (χ0) is 24.8. The normalized spacial score (nSPS) is 18.9. The first-order valence-corrected chi connectivity index (χ1v) is 11.2. The van der Waals surface area contributed by atoms with E-state index < -0.39 is 17.8 Å². The number of hydrogen-bond acceptors (Lipinski definition) is 7. The molecule has 1 unspecified atom stereocenters. The van der Waals surface area contributed by atoms with E-state index in [2.05, 4.69) is 35.6 Å². The quantitative estimate of drug-likeness (QED) is 0.416. The maximum Gasteiger partial charge on any atom is 0.419 e. The highest BCUT2D eigenvalue weighted by Gasteiger charge is 2.45. The molecule has 9 nitrogen and oxygen atoms in total. The van der Waals surface area contributed by atoms with Gasteiger partial charge in [0, 0.05) is 41.5 Å². The summed E-state index contributed by atoms with van der Waals surface area (Å²) in [6.45, 7) is 0.708. The van der Waals surface area contributed by atoms with Crippen LogP contribution in [-0.4, -0.2) is 53.4 Å². The summed E-state index contributed by atoms with van der Waals surface area (Å²) in [5, 5.41) is 9.68. The van der Waals surface area contributed by atoms with Crippen LogP contribution in [-0.2, 0) is 10.9 Å². The molecule has 1 amide bonds. The number of carbonyl (C=O) groups excluding carboxylic acids is 1. The minimum atomic E-state index is -4.65. The maximum atomic E-state index is 13.9. The van der Waals surface area contributed by atoms with Crippen molar-refractivity contribution in [2.24, 2.45) is 0 Å². The van der Waals surface area contributed by atoms with E-state index in [1.54, 1.807) is 6.07 Å². The fourth-order valence-electron chi connectivity index (χ4n) is 4.57. The molecule has 3 heterocycles. The number of carbonyl (C=O) groups is 1. The molecule has 1 saturated carbocycles. The summed E-state index contributed by atoms with van der Waals surface area (Å²) in [5.41, 5.74) is 0.00951. The molecule has 35 heavy (non-hydrogen) atoms. The predicted molar refractivity (Wildman–Crippen MR) is 124 cm³/mol. The summed E-state index contributed by atoms with van der Waals surface area (Å²) >= 11 is 0. The number of nitrogens with one attached hydrogen (secondary N) is 4. The van der Waals surface area contributed by atoms with Gasteiger partial charge in [0.05, 0.1) is 31.1 Å². The van der Waals surface area contributed by atoms with Gasteiger partial charge in [-0.15, -0.1) is 0 Å². The van der Waals surface area contributed by atoms with Gasteiger partial charge in [0.1, 0.15) is 5.56 Å². The summed E-state index contributed by atoms with van der Waals surface area (Å²) in [6, 6.07) is 3.15. The fourth-order valence-corrected chi connectivity index (χ4v) is 4.57. The molecule has 12 heteroatoms. The smallest absolute Gasteiger partial charge is 0.419 e. The molecule has 1 aliphatic heterocycles. The summed E-state index contributed by atoms with van der Waals surface area (Å²) in [5.74, 6) is 0.388. The highest BCUT2D eigenvalue weighted by atomic mass is 19.4. The number of nitrogens with zero attached hydrogens (tertiary/aromatic N) is 2. The lowest BCUT2D eigenvalue weighted by Crippen LogP contribution is -2.46. The Morgan fingerprint density at radius 2 is 2.03 bits per heavy atom. The van der Waals surface area contributed by atoms with Crippen LogP contribution in [0, 0.1) is 0 Å². The van der Waals surface area contributed by atoms with Crippen LogP contribution in [0.5, 0.6) is 5.75 Å². The number of halogens is 3. The number of ether oxygens (including phenoxy) is 2. The second-order valence-corrected chi connectivity index (χ2v) is 8.88. The lowest BCUT2D eigenvalue weighted by molar-refractivity contribution is -0.137. The summed E-state index contributed by atoms with van der Waals surface area (Å²) in [7, 11) is 2.62. The van der Waals surface area contributed by atoms with Crippen LogP contribution in [0.1, 0.15) is 31.2 Å². The van der Waals surface area contributed by atoms with Gasteiger partial charge in [0.15, 0.2) is 5.75 Å². The number of fused-ring (bicyclic) bond motifs is 1. The Bertz CT molecular complexity index is 1260. The van der Waals surface area contributed by atoms with Crippen LogP contribution < -0.4 is 20.7 Å². The third-order valence-corrected chi connectivity index (χ3v) is 6.67. The van der Waals surface area contributed by atoms with Crippen molar-refractivity contribution in [3.8, 4) is 17.0 Å². The van der Waals surface area contributed by atoms with Crippen molar-refractivity contribution in [2.75, 3.05) is 31.4 Å². The number of hydrogen-bond donors (Lipinski definition) is 4. The van der Waals surface area contributed by atoms with Gasteiger partial charge in [0.2, 0.25) is 5.95 Å². The Kier molecular flexibility index (Phi) is 5.70. The van der Waals surface area contributed by atoms with E-state index in [9.17, 15) is 18.0 Å². The number of rotatable bonds is 5. The second-order valence-electron chi connectivity index (χ2n) is 8.88. The number of H-pyrrole nitrogens is 1. The van der Waals surface area contributed by atoms with Gasteiger partial charge < -0.3 is 25.1 Å². The van der Waals surface area contributed by atoms with Crippen molar-refractivity contribution in [1.29, 1.82) is 0 Å². The molecule has 2 aliphatic rings. The second kappa shape index (κ2) is 8.59. The van der Waals surface area contributed by atoms with Gasteiger partial charge in [0.25, 0.3) is 0 Å². The molecule has 2 fully saturated rings. The van der Waals surface area contributed by atoms with Gasteiger partial charge in [-0.3, -0.25) is 5.32 Å². The number of benzene rings is 1. The van der Waals surface area contributed by atoms with Gasteiger partial charge in [-0.2, -0.15) is 13.2 Å². The minimum Gasteiger partial charge on any atom is -0.492 e. The van der Waals surface area contributed by atoms with Crippen molar-refractivity contribution in [3.63, 3.8) is 0 Å². The Balaban J connectivity index is 1.52. The molecule has 2 aromatic heterocycles. The molecular weight excluding hydrogens is 465 g/mol. The fraction of sp³-hybridized carbons (Fsp3) is 0.435. The Hall–Kier alpha value is -3.54. The third kappa shape index (κ3) is 4.45. The first-order valence-electron chi connectivity index (χ1n) is 11.2. The summed E-state index contributed by atoms with van der Waals surface area (Å²) < 4.78 is 51.8. The minimum absolute atomic E-state index is 0.0285. The number of aromatic nitrogens is 3. The summed E-state index contributed by atoms with van der Waals surface area (Å²) in [4.78, 5) is 22.9. The molecule has 1 aliphatic carbocycles. The van der Waals surface area contributed by atoms with E-state index >= 15 is 0 Å².